The Hall–Kier alpha value is -1.16. The average Bonchev–Trinajstić information content (AvgIpc) is 2.16. The molecule has 0 aliphatic rings. The Kier molecular flexibility index (Phi) is 3.19. The second-order valence-corrected chi connectivity index (χ2v) is 2.76. The number of ether oxygens (including phenoxy) is 1. The van der Waals surface area contributed by atoms with Crippen LogP contribution in [0.15, 0.2) is 0 Å². The third kappa shape index (κ3) is 1.95. The van der Waals surface area contributed by atoms with E-state index < -0.39 is 0 Å². The van der Waals surface area contributed by atoms with Gasteiger partial charge in [0.05, 0.1) is 18.5 Å². The maximum Gasteiger partial charge on any atom is 0.163 e. The Bertz CT molecular complexity index is 274. The van der Waals surface area contributed by atoms with Gasteiger partial charge in [-0.3, -0.25) is 0 Å². The number of aryl methyl sites for hydroxylation is 2. The Morgan fingerprint density at radius 2 is 1.92 bits per heavy atom. The van der Waals surface area contributed by atoms with E-state index in [1.807, 2.05) is 13.8 Å². The number of nitrogens with two attached hydrogens (primary N) is 1. The molecule has 0 spiro atoms. The molecule has 72 valence electrons. The van der Waals surface area contributed by atoms with E-state index in [0.29, 0.717) is 6.54 Å². The van der Waals surface area contributed by atoms with Gasteiger partial charge < -0.3 is 10.5 Å². The molecule has 0 radical (unpaired) electrons. The van der Waals surface area contributed by atoms with E-state index >= 15 is 0 Å². The number of rotatable bonds is 3. The van der Waals surface area contributed by atoms with Crippen molar-refractivity contribution in [2.24, 2.45) is 5.73 Å². The summed E-state index contributed by atoms with van der Waals surface area (Å²) in [4.78, 5) is 8.49. The van der Waals surface area contributed by atoms with Crippen molar-refractivity contribution < 1.29 is 4.74 Å². The Morgan fingerprint density at radius 3 is 2.38 bits per heavy atom. The normalized spacial score (nSPS) is 10.2. The quantitative estimate of drug-likeness (QED) is 0.749. The summed E-state index contributed by atoms with van der Waals surface area (Å²) in [5.74, 6) is 1.48. The number of methoxy groups -OCH3 is 1. The first-order valence-electron chi connectivity index (χ1n) is 4.33. The number of nitrogens with zero attached hydrogens (tertiary/aromatic N) is 2. The van der Waals surface area contributed by atoms with Crippen LogP contribution in [0.3, 0.4) is 0 Å². The largest absolute Gasteiger partial charge is 0.493 e. The zero-order valence-corrected chi connectivity index (χ0v) is 8.29. The second kappa shape index (κ2) is 4.18. The minimum Gasteiger partial charge on any atom is -0.493 e. The Labute approximate surface area is 78.1 Å². The van der Waals surface area contributed by atoms with Crippen molar-refractivity contribution in [3.63, 3.8) is 0 Å². The predicted molar refractivity (Wildman–Crippen MR) is 50.6 cm³/mol. The van der Waals surface area contributed by atoms with E-state index in [-0.39, 0.29) is 0 Å². The number of hydrogen-bond acceptors (Lipinski definition) is 4. The van der Waals surface area contributed by atoms with Gasteiger partial charge >= 0.3 is 0 Å². The maximum absolute atomic E-state index is 5.55. The average molecular weight is 181 g/mol. The van der Waals surface area contributed by atoms with Gasteiger partial charge in [0.1, 0.15) is 5.82 Å². The lowest BCUT2D eigenvalue weighted by atomic mass is 10.2. The SMILES string of the molecule is CCc1nc(C)nc(CN)c1OC. The summed E-state index contributed by atoms with van der Waals surface area (Å²) < 4.78 is 5.21. The molecule has 0 aliphatic carbocycles. The lowest BCUT2D eigenvalue weighted by Gasteiger charge is -2.10. The number of hydrogen-bond donors (Lipinski definition) is 1. The van der Waals surface area contributed by atoms with Crippen LogP contribution < -0.4 is 10.5 Å². The highest BCUT2D eigenvalue weighted by molar-refractivity contribution is 5.33. The molecule has 0 fully saturated rings. The molecule has 13 heavy (non-hydrogen) atoms. The van der Waals surface area contributed by atoms with Crippen LogP contribution in [0, 0.1) is 6.92 Å². The third-order valence-corrected chi connectivity index (χ3v) is 1.85. The standard InChI is InChI=1S/C9H15N3O/c1-4-7-9(13-3)8(5-10)12-6(2)11-7/h4-5,10H2,1-3H3. The molecule has 2 N–H and O–H groups in total. The van der Waals surface area contributed by atoms with Crippen LogP contribution in [-0.4, -0.2) is 17.1 Å². The van der Waals surface area contributed by atoms with Crippen molar-refractivity contribution in [2.75, 3.05) is 7.11 Å². The van der Waals surface area contributed by atoms with E-state index in [1.54, 1.807) is 7.11 Å². The van der Waals surface area contributed by atoms with E-state index in [9.17, 15) is 0 Å². The van der Waals surface area contributed by atoms with Gasteiger partial charge in [0.15, 0.2) is 5.75 Å². The lowest BCUT2D eigenvalue weighted by Crippen LogP contribution is -2.08. The van der Waals surface area contributed by atoms with Gasteiger partial charge in [0, 0.05) is 6.54 Å². The molecule has 0 atom stereocenters. The molecular weight excluding hydrogens is 166 g/mol. The number of aromatic nitrogens is 2. The summed E-state index contributed by atoms with van der Waals surface area (Å²) in [6.07, 6.45) is 0.833. The highest BCUT2D eigenvalue weighted by Crippen LogP contribution is 2.20. The summed E-state index contributed by atoms with van der Waals surface area (Å²) in [6, 6.07) is 0. The topological polar surface area (TPSA) is 61.0 Å². The van der Waals surface area contributed by atoms with E-state index in [4.69, 9.17) is 10.5 Å². The molecule has 1 aromatic heterocycles. The molecule has 1 rings (SSSR count). The molecule has 0 bridgehead atoms. The van der Waals surface area contributed by atoms with Gasteiger partial charge in [0.25, 0.3) is 0 Å². The van der Waals surface area contributed by atoms with Crippen LogP contribution >= 0.6 is 0 Å². The van der Waals surface area contributed by atoms with Crippen molar-refractivity contribution in [1.29, 1.82) is 0 Å². The fourth-order valence-corrected chi connectivity index (χ4v) is 1.30. The molecular formula is C9H15N3O. The van der Waals surface area contributed by atoms with Crippen molar-refractivity contribution >= 4 is 0 Å². The van der Waals surface area contributed by atoms with Crippen LogP contribution in [0.25, 0.3) is 0 Å². The summed E-state index contributed by atoms with van der Waals surface area (Å²) in [7, 11) is 1.62. The molecule has 4 heteroatoms. The second-order valence-electron chi connectivity index (χ2n) is 2.76. The highest BCUT2D eigenvalue weighted by atomic mass is 16.5. The van der Waals surface area contributed by atoms with E-state index in [2.05, 4.69) is 9.97 Å². The van der Waals surface area contributed by atoms with Crippen LogP contribution in [0.2, 0.25) is 0 Å². The first-order chi connectivity index (χ1) is 6.22. The van der Waals surface area contributed by atoms with E-state index in [0.717, 1.165) is 29.4 Å². The highest BCUT2D eigenvalue weighted by Gasteiger charge is 2.10. The summed E-state index contributed by atoms with van der Waals surface area (Å²) in [5.41, 5.74) is 7.26. The fraction of sp³-hybridized carbons (Fsp3) is 0.556. The van der Waals surface area contributed by atoms with Gasteiger partial charge in [0.2, 0.25) is 0 Å². The molecule has 0 aliphatic heterocycles. The zero-order chi connectivity index (χ0) is 9.84. The molecule has 0 amide bonds. The first-order valence-corrected chi connectivity index (χ1v) is 4.33. The van der Waals surface area contributed by atoms with Crippen LogP contribution in [0.5, 0.6) is 5.75 Å². The molecule has 0 unspecified atom stereocenters. The van der Waals surface area contributed by atoms with Crippen molar-refractivity contribution in [3.05, 3.63) is 17.2 Å². The fourth-order valence-electron chi connectivity index (χ4n) is 1.30. The summed E-state index contributed by atoms with van der Waals surface area (Å²) in [5, 5.41) is 0. The third-order valence-electron chi connectivity index (χ3n) is 1.85. The monoisotopic (exact) mass is 181 g/mol. The van der Waals surface area contributed by atoms with E-state index in [1.165, 1.54) is 0 Å². The molecule has 1 heterocycles. The van der Waals surface area contributed by atoms with Crippen molar-refractivity contribution in [2.45, 2.75) is 26.8 Å². The Morgan fingerprint density at radius 1 is 1.31 bits per heavy atom. The summed E-state index contributed by atoms with van der Waals surface area (Å²) in [6.45, 7) is 4.28. The lowest BCUT2D eigenvalue weighted by molar-refractivity contribution is 0.398. The minimum absolute atomic E-state index is 0.388. The van der Waals surface area contributed by atoms with Crippen molar-refractivity contribution in [3.8, 4) is 5.75 Å². The van der Waals surface area contributed by atoms with Gasteiger partial charge in [-0.15, -0.1) is 0 Å². The smallest absolute Gasteiger partial charge is 0.163 e. The van der Waals surface area contributed by atoms with Crippen LogP contribution in [0.1, 0.15) is 24.1 Å². The molecule has 4 nitrogen and oxygen atoms in total. The molecule has 0 aromatic carbocycles. The van der Waals surface area contributed by atoms with Crippen molar-refractivity contribution in [1.82, 2.24) is 9.97 Å². The van der Waals surface area contributed by atoms with Crippen LogP contribution in [-0.2, 0) is 13.0 Å². The summed E-state index contributed by atoms with van der Waals surface area (Å²) >= 11 is 0. The van der Waals surface area contributed by atoms with Gasteiger partial charge in [-0.05, 0) is 13.3 Å². The van der Waals surface area contributed by atoms with Gasteiger partial charge in [-0.2, -0.15) is 0 Å². The molecule has 0 saturated heterocycles. The molecule has 1 aromatic rings. The van der Waals surface area contributed by atoms with Crippen LogP contribution in [0.4, 0.5) is 0 Å². The van der Waals surface area contributed by atoms with Gasteiger partial charge in [-0.25, -0.2) is 9.97 Å². The minimum atomic E-state index is 0.388. The maximum atomic E-state index is 5.55. The van der Waals surface area contributed by atoms with Gasteiger partial charge in [-0.1, -0.05) is 6.92 Å². The zero-order valence-electron chi connectivity index (χ0n) is 8.29. The Balaban J connectivity index is 3.25. The molecule has 0 saturated carbocycles. The first kappa shape index (κ1) is 9.92. The predicted octanol–water partition coefficient (Wildman–Crippen LogP) is 0.815.